The molecule has 2 aromatic rings. The first-order chi connectivity index (χ1) is 10.6. The van der Waals surface area contributed by atoms with E-state index in [1.807, 2.05) is 0 Å². The highest BCUT2D eigenvalue weighted by molar-refractivity contribution is 9.10. The Labute approximate surface area is 135 Å². The molecule has 3 rings (SSSR count). The number of ether oxygens (including phenoxy) is 2. The molecule has 0 atom stereocenters. The van der Waals surface area contributed by atoms with Crippen LogP contribution < -0.4 is 14.8 Å². The van der Waals surface area contributed by atoms with Gasteiger partial charge in [-0.25, -0.2) is 4.39 Å². The van der Waals surface area contributed by atoms with Crippen LogP contribution in [-0.4, -0.2) is 19.1 Å². The Bertz CT molecular complexity index is 721. The van der Waals surface area contributed by atoms with Crippen molar-refractivity contribution in [2.24, 2.45) is 0 Å². The third-order valence-electron chi connectivity index (χ3n) is 3.21. The smallest absolute Gasteiger partial charge is 0.228 e. The number of fused-ring (bicyclic) bond motifs is 1. The van der Waals surface area contributed by atoms with Gasteiger partial charge in [-0.1, -0.05) is 28.1 Å². The number of anilines is 1. The van der Waals surface area contributed by atoms with Gasteiger partial charge in [-0.05, 0) is 29.8 Å². The van der Waals surface area contributed by atoms with E-state index in [0.29, 0.717) is 24.7 Å². The Morgan fingerprint density at radius 1 is 1.18 bits per heavy atom. The van der Waals surface area contributed by atoms with Gasteiger partial charge in [-0.2, -0.15) is 0 Å². The van der Waals surface area contributed by atoms with Crippen molar-refractivity contribution in [2.45, 2.75) is 6.42 Å². The molecular weight excluding hydrogens is 353 g/mol. The summed E-state index contributed by atoms with van der Waals surface area (Å²) in [4.78, 5) is 12.1. The second kappa shape index (κ2) is 6.36. The quantitative estimate of drug-likeness (QED) is 0.904. The summed E-state index contributed by atoms with van der Waals surface area (Å²) in [7, 11) is 0. The number of rotatable bonds is 3. The molecule has 0 unspecified atom stereocenters. The van der Waals surface area contributed by atoms with E-state index in [1.54, 1.807) is 24.3 Å². The zero-order valence-electron chi connectivity index (χ0n) is 11.6. The fraction of sp³-hybridized carbons (Fsp3) is 0.188. The normalized spacial score (nSPS) is 12.8. The van der Waals surface area contributed by atoms with Gasteiger partial charge in [0.05, 0.1) is 12.1 Å². The molecule has 0 radical (unpaired) electrons. The maximum Gasteiger partial charge on any atom is 0.228 e. The number of carbonyl (C=O) groups is 1. The van der Waals surface area contributed by atoms with Crippen molar-refractivity contribution >= 4 is 27.5 Å². The van der Waals surface area contributed by atoms with Gasteiger partial charge >= 0.3 is 0 Å². The van der Waals surface area contributed by atoms with Crippen molar-refractivity contribution in [3.05, 3.63) is 52.3 Å². The maximum atomic E-state index is 13.5. The van der Waals surface area contributed by atoms with Crippen LogP contribution in [0.3, 0.4) is 0 Å². The molecule has 1 N–H and O–H groups in total. The lowest BCUT2D eigenvalue weighted by molar-refractivity contribution is -0.115. The van der Waals surface area contributed by atoms with Crippen LogP contribution in [0.15, 0.2) is 40.9 Å². The summed E-state index contributed by atoms with van der Waals surface area (Å²) < 4.78 is 25.3. The van der Waals surface area contributed by atoms with Crippen LogP contribution in [-0.2, 0) is 11.2 Å². The second-order valence-corrected chi connectivity index (χ2v) is 5.65. The van der Waals surface area contributed by atoms with E-state index >= 15 is 0 Å². The fourth-order valence-corrected chi connectivity index (χ4v) is 2.63. The van der Waals surface area contributed by atoms with Crippen molar-refractivity contribution in [1.29, 1.82) is 0 Å². The number of hydrogen-bond acceptors (Lipinski definition) is 3. The first-order valence-electron chi connectivity index (χ1n) is 6.76. The minimum Gasteiger partial charge on any atom is -0.486 e. The first kappa shape index (κ1) is 14.8. The minimum atomic E-state index is -0.461. The van der Waals surface area contributed by atoms with Crippen molar-refractivity contribution < 1.29 is 18.7 Å². The molecule has 1 aliphatic heterocycles. The van der Waals surface area contributed by atoms with E-state index in [1.165, 1.54) is 12.1 Å². The zero-order valence-corrected chi connectivity index (χ0v) is 13.2. The van der Waals surface area contributed by atoms with E-state index in [-0.39, 0.29) is 18.0 Å². The molecule has 0 fully saturated rings. The standard InChI is InChI=1S/C16H13BrFNO3/c17-11-9-15-14(21-5-6-22-15)7-10(11)8-16(20)19-13-4-2-1-3-12(13)18/h1-4,7,9H,5-6,8H2,(H,19,20). The first-order valence-corrected chi connectivity index (χ1v) is 7.55. The molecule has 1 amide bonds. The molecule has 22 heavy (non-hydrogen) atoms. The third kappa shape index (κ3) is 3.22. The van der Waals surface area contributed by atoms with Crippen LogP contribution >= 0.6 is 15.9 Å². The lowest BCUT2D eigenvalue weighted by atomic mass is 10.1. The topological polar surface area (TPSA) is 47.6 Å². The Morgan fingerprint density at radius 3 is 2.59 bits per heavy atom. The van der Waals surface area contributed by atoms with E-state index < -0.39 is 5.82 Å². The number of hydrogen-bond donors (Lipinski definition) is 1. The molecule has 0 spiro atoms. The van der Waals surface area contributed by atoms with E-state index in [0.717, 1.165) is 10.0 Å². The van der Waals surface area contributed by atoms with Gasteiger partial charge in [0.1, 0.15) is 19.0 Å². The molecule has 0 bridgehead atoms. The van der Waals surface area contributed by atoms with Gasteiger partial charge in [0, 0.05) is 4.47 Å². The van der Waals surface area contributed by atoms with Gasteiger partial charge in [0.2, 0.25) is 5.91 Å². The molecule has 0 saturated heterocycles. The van der Waals surface area contributed by atoms with Crippen LogP contribution in [0, 0.1) is 5.82 Å². The Hall–Kier alpha value is -2.08. The molecule has 1 heterocycles. The van der Waals surface area contributed by atoms with E-state index in [2.05, 4.69) is 21.2 Å². The number of carbonyl (C=O) groups excluding carboxylic acids is 1. The molecule has 114 valence electrons. The zero-order chi connectivity index (χ0) is 15.5. The Morgan fingerprint density at radius 2 is 1.86 bits per heavy atom. The molecule has 0 aliphatic carbocycles. The highest BCUT2D eigenvalue weighted by atomic mass is 79.9. The number of nitrogens with one attached hydrogen (secondary N) is 1. The van der Waals surface area contributed by atoms with E-state index in [9.17, 15) is 9.18 Å². The Kier molecular flexibility index (Phi) is 4.29. The summed E-state index contributed by atoms with van der Waals surface area (Å²) in [6.07, 6.45) is 0.103. The van der Waals surface area contributed by atoms with Gasteiger partial charge in [0.25, 0.3) is 0 Å². The minimum absolute atomic E-state index is 0.103. The van der Waals surface area contributed by atoms with Crippen LogP contribution in [0.1, 0.15) is 5.56 Å². The molecule has 1 aliphatic rings. The van der Waals surface area contributed by atoms with Gasteiger partial charge in [-0.3, -0.25) is 4.79 Å². The predicted octanol–water partition coefficient (Wildman–Crippen LogP) is 3.54. The van der Waals surface area contributed by atoms with Crippen molar-refractivity contribution in [3.8, 4) is 11.5 Å². The summed E-state index contributed by atoms with van der Waals surface area (Å²) in [5.74, 6) is 0.499. The van der Waals surface area contributed by atoms with Gasteiger partial charge in [-0.15, -0.1) is 0 Å². The fourth-order valence-electron chi connectivity index (χ4n) is 2.17. The number of benzene rings is 2. The third-order valence-corrected chi connectivity index (χ3v) is 3.95. The predicted molar refractivity (Wildman–Crippen MR) is 83.9 cm³/mol. The average Bonchev–Trinajstić information content (AvgIpc) is 2.50. The second-order valence-electron chi connectivity index (χ2n) is 4.79. The van der Waals surface area contributed by atoms with Crippen LogP contribution in [0.5, 0.6) is 11.5 Å². The van der Waals surface area contributed by atoms with Gasteiger partial charge < -0.3 is 14.8 Å². The lowest BCUT2D eigenvalue weighted by Gasteiger charge is -2.19. The molecule has 0 aromatic heterocycles. The molecule has 6 heteroatoms. The largest absolute Gasteiger partial charge is 0.486 e. The monoisotopic (exact) mass is 365 g/mol. The number of amides is 1. The van der Waals surface area contributed by atoms with Crippen LogP contribution in [0.2, 0.25) is 0 Å². The van der Waals surface area contributed by atoms with E-state index in [4.69, 9.17) is 9.47 Å². The molecule has 0 saturated carbocycles. The summed E-state index contributed by atoms with van der Waals surface area (Å²) in [5.41, 5.74) is 0.916. The molecular formula is C16H13BrFNO3. The lowest BCUT2D eigenvalue weighted by Crippen LogP contribution is -2.18. The highest BCUT2D eigenvalue weighted by Crippen LogP contribution is 2.35. The summed E-state index contributed by atoms with van der Waals surface area (Å²) >= 11 is 3.41. The molecule has 2 aromatic carbocycles. The maximum absolute atomic E-state index is 13.5. The summed E-state index contributed by atoms with van der Waals surface area (Å²) in [5, 5.41) is 2.56. The summed E-state index contributed by atoms with van der Waals surface area (Å²) in [6.45, 7) is 0.988. The number of halogens is 2. The van der Waals surface area contributed by atoms with Crippen molar-refractivity contribution in [2.75, 3.05) is 18.5 Å². The van der Waals surface area contributed by atoms with Crippen LogP contribution in [0.4, 0.5) is 10.1 Å². The average molecular weight is 366 g/mol. The van der Waals surface area contributed by atoms with Crippen LogP contribution in [0.25, 0.3) is 0 Å². The Balaban J connectivity index is 1.75. The number of para-hydroxylation sites is 1. The highest BCUT2D eigenvalue weighted by Gasteiger charge is 2.17. The molecule has 4 nitrogen and oxygen atoms in total. The van der Waals surface area contributed by atoms with Gasteiger partial charge in [0.15, 0.2) is 11.5 Å². The van der Waals surface area contributed by atoms with Crippen molar-refractivity contribution in [3.63, 3.8) is 0 Å². The SMILES string of the molecule is O=C(Cc1cc2c(cc1Br)OCCO2)Nc1ccccc1F. The van der Waals surface area contributed by atoms with Crippen molar-refractivity contribution in [1.82, 2.24) is 0 Å². The summed E-state index contributed by atoms with van der Waals surface area (Å²) in [6, 6.07) is 9.60.